The van der Waals surface area contributed by atoms with Gasteiger partial charge < -0.3 is 10.6 Å². The predicted molar refractivity (Wildman–Crippen MR) is 62.0 cm³/mol. The number of hydrogen-bond donors (Lipinski definition) is 1. The number of nitrogen functional groups attached to an aromatic ring is 1. The molecule has 1 aromatic rings. The Kier molecular flexibility index (Phi) is 2.93. The number of anilines is 2. The lowest BCUT2D eigenvalue weighted by atomic mass is 10.1. The van der Waals surface area contributed by atoms with Crippen LogP contribution in [0, 0.1) is 6.92 Å². The zero-order valence-corrected chi connectivity index (χ0v) is 9.59. The predicted octanol–water partition coefficient (Wildman–Crippen LogP) is 3.11. The summed E-state index contributed by atoms with van der Waals surface area (Å²) in [6, 6.07) is 5.07. The molecule has 0 spiro atoms. The summed E-state index contributed by atoms with van der Waals surface area (Å²) in [5.74, 6) is 0. The van der Waals surface area contributed by atoms with Crippen LogP contribution in [-0.4, -0.2) is 18.8 Å². The Morgan fingerprint density at radius 3 is 2.47 bits per heavy atom. The van der Waals surface area contributed by atoms with E-state index in [4.69, 9.17) is 5.73 Å². The van der Waals surface area contributed by atoms with Crippen molar-refractivity contribution in [1.82, 2.24) is 0 Å². The third kappa shape index (κ3) is 3.05. The second-order valence-corrected chi connectivity index (χ2v) is 4.52. The van der Waals surface area contributed by atoms with Gasteiger partial charge in [-0.25, -0.2) is 0 Å². The van der Waals surface area contributed by atoms with E-state index in [9.17, 15) is 13.2 Å². The summed E-state index contributed by atoms with van der Waals surface area (Å²) in [4.78, 5) is 1.42. The first-order chi connectivity index (χ1) is 7.87. The first-order valence-electron chi connectivity index (χ1n) is 5.56. The highest BCUT2D eigenvalue weighted by Crippen LogP contribution is 2.35. The minimum Gasteiger partial charge on any atom is -0.399 e. The highest BCUT2D eigenvalue weighted by molar-refractivity contribution is 5.59. The van der Waals surface area contributed by atoms with Crippen LogP contribution in [0.25, 0.3) is 0 Å². The highest BCUT2D eigenvalue weighted by Gasteiger charge is 2.38. The third-order valence-corrected chi connectivity index (χ3v) is 2.92. The zero-order chi connectivity index (χ0) is 12.6. The standard InChI is InChI=1S/C12H15F3N2/c1-8-6-10(4-5-11(8)16)17(9-2-3-9)7-12(13,14)15/h4-6,9H,2-3,7,16H2,1H3. The lowest BCUT2D eigenvalue weighted by Gasteiger charge is -2.26. The fraction of sp³-hybridized carbons (Fsp3) is 0.500. The van der Waals surface area contributed by atoms with Gasteiger partial charge in [-0.3, -0.25) is 0 Å². The Hall–Kier alpha value is -1.39. The lowest BCUT2D eigenvalue weighted by molar-refractivity contribution is -0.120. The lowest BCUT2D eigenvalue weighted by Crippen LogP contribution is -2.36. The van der Waals surface area contributed by atoms with Gasteiger partial charge in [0.05, 0.1) is 0 Å². The molecular weight excluding hydrogens is 229 g/mol. The summed E-state index contributed by atoms with van der Waals surface area (Å²) in [7, 11) is 0. The molecule has 0 bridgehead atoms. The smallest absolute Gasteiger partial charge is 0.399 e. The molecule has 0 unspecified atom stereocenters. The van der Waals surface area contributed by atoms with Crippen LogP contribution in [-0.2, 0) is 0 Å². The van der Waals surface area contributed by atoms with Crippen LogP contribution in [0.1, 0.15) is 18.4 Å². The van der Waals surface area contributed by atoms with Gasteiger partial charge in [0.15, 0.2) is 0 Å². The van der Waals surface area contributed by atoms with Crippen molar-refractivity contribution in [2.24, 2.45) is 0 Å². The van der Waals surface area contributed by atoms with Crippen molar-refractivity contribution >= 4 is 11.4 Å². The van der Waals surface area contributed by atoms with E-state index in [0.29, 0.717) is 11.4 Å². The van der Waals surface area contributed by atoms with E-state index in [2.05, 4.69) is 0 Å². The molecule has 0 radical (unpaired) electrons. The monoisotopic (exact) mass is 244 g/mol. The molecule has 1 aliphatic carbocycles. The molecule has 0 heterocycles. The van der Waals surface area contributed by atoms with E-state index in [0.717, 1.165) is 18.4 Å². The van der Waals surface area contributed by atoms with Gasteiger partial charge in [-0.05, 0) is 43.5 Å². The number of nitrogens with two attached hydrogens (primary N) is 1. The van der Waals surface area contributed by atoms with Crippen LogP contribution in [0.5, 0.6) is 0 Å². The van der Waals surface area contributed by atoms with Crippen molar-refractivity contribution in [3.63, 3.8) is 0 Å². The van der Waals surface area contributed by atoms with Crippen molar-refractivity contribution in [3.05, 3.63) is 23.8 Å². The molecule has 1 aliphatic rings. The van der Waals surface area contributed by atoms with Crippen molar-refractivity contribution in [2.45, 2.75) is 32.0 Å². The summed E-state index contributed by atoms with van der Waals surface area (Å²) < 4.78 is 37.5. The molecule has 0 aromatic heterocycles. The average molecular weight is 244 g/mol. The van der Waals surface area contributed by atoms with Crippen LogP contribution >= 0.6 is 0 Å². The van der Waals surface area contributed by atoms with Crippen LogP contribution in [0.3, 0.4) is 0 Å². The number of benzene rings is 1. The van der Waals surface area contributed by atoms with E-state index >= 15 is 0 Å². The fourth-order valence-corrected chi connectivity index (χ4v) is 1.85. The molecule has 2 rings (SSSR count). The molecule has 0 atom stereocenters. The van der Waals surface area contributed by atoms with Gasteiger partial charge in [-0.1, -0.05) is 0 Å². The Bertz CT molecular complexity index is 411. The molecule has 2 nitrogen and oxygen atoms in total. The molecule has 5 heteroatoms. The first-order valence-corrected chi connectivity index (χ1v) is 5.56. The van der Waals surface area contributed by atoms with Gasteiger partial charge in [0.1, 0.15) is 6.54 Å². The summed E-state index contributed by atoms with van der Waals surface area (Å²) >= 11 is 0. The first kappa shape index (κ1) is 12.1. The largest absolute Gasteiger partial charge is 0.405 e. The van der Waals surface area contributed by atoms with Crippen LogP contribution in [0.4, 0.5) is 24.5 Å². The Morgan fingerprint density at radius 2 is 2.00 bits per heavy atom. The quantitative estimate of drug-likeness (QED) is 0.828. The number of aryl methyl sites for hydroxylation is 1. The third-order valence-electron chi connectivity index (χ3n) is 2.92. The Balaban J connectivity index is 2.23. The van der Waals surface area contributed by atoms with Crippen molar-refractivity contribution < 1.29 is 13.2 Å². The van der Waals surface area contributed by atoms with Crippen molar-refractivity contribution in [1.29, 1.82) is 0 Å². The van der Waals surface area contributed by atoms with Crippen LogP contribution in [0.2, 0.25) is 0 Å². The molecule has 1 fully saturated rings. The summed E-state index contributed by atoms with van der Waals surface area (Å²) in [6.45, 7) is 0.915. The van der Waals surface area contributed by atoms with Crippen LogP contribution in [0.15, 0.2) is 18.2 Å². The zero-order valence-electron chi connectivity index (χ0n) is 9.59. The number of nitrogens with zero attached hydrogens (tertiary/aromatic N) is 1. The number of hydrogen-bond acceptors (Lipinski definition) is 2. The minimum atomic E-state index is -4.17. The van der Waals surface area contributed by atoms with E-state index in [1.165, 1.54) is 4.90 Å². The summed E-state index contributed by atoms with van der Waals surface area (Å²) in [5, 5.41) is 0. The molecule has 1 saturated carbocycles. The van der Waals surface area contributed by atoms with E-state index in [1.54, 1.807) is 25.1 Å². The maximum atomic E-state index is 12.5. The number of halogens is 3. The molecular formula is C12H15F3N2. The van der Waals surface area contributed by atoms with E-state index in [1.807, 2.05) is 0 Å². The molecule has 0 amide bonds. The summed E-state index contributed by atoms with van der Waals surface area (Å²) in [6.07, 6.45) is -2.50. The Morgan fingerprint density at radius 1 is 1.35 bits per heavy atom. The molecule has 2 N–H and O–H groups in total. The molecule has 0 aliphatic heterocycles. The minimum absolute atomic E-state index is 0.0275. The fourth-order valence-electron chi connectivity index (χ4n) is 1.85. The molecule has 1 aromatic carbocycles. The van der Waals surface area contributed by atoms with E-state index < -0.39 is 12.7 Å². The Labute approximate surface area is 98.2 Å². The van der Waals surface area contributed by atoms with Gasteiger partial charge in [-0.2, -0.15) is 13.2 Å². The highest BCUT2D eigenvalue weighted by atomic mass is 19.4. The maximum absolute atomic E-state index is 12.5. The number of alkyl halides is 3. The van der Waals surface area contributed by atoms with Gasteiger partial charge in [0.25, 0.3) is 0 Å². The van der Waals surface area contributed by atoms with Gasteiger partial charge in [-0.15, -0.1) is 0 Å². The van der Waals surface area contributed by atoms with Crippen LogP contribution < -0.4 is 10.6 Å². The number of rotatable bonds is 3. The van der Waals surface area contributed by atoms with Gasteiger partial charge in [0.2, 0.25) is 0 Å². The summed E-state index contributed by atoms with van der Waals surface area (Å²) in [5.41, 5.74) is 7.70. The van der Waals surface area contributed by atoms with Crippen molar-refractivity contribution in [2.75, 3.05) is 17.2 Å². The topological polar surface area (TPSA) is 29.3 Å². The van der Waals surface area contributed by atoms with Gasteiger partial charge in [0, 0.05) is 17.4 Å². The normalized spacial score (nSPS) is 16.0. The second-order valence-electron chi connectivity index (χ2n) is 4.52. The molecule has 17 heavy (non-hydrogen) atoms. The van der Waals surface area contributed by atoms with E-state index in [-0.39, 0.29) is 6.04 Å². The molecule has 0 saturated heterocycles. The molecule has 94 valence electrons. The van der Waals surface area contributed by atoms with Crippen molar-refractivity contribution in [3.8, 4) is 0 Å². The average Bonchev–Trinajstić information content (AvgIpc) is 3.01. The maximum Gasteiger partial charge on any atom is 0.405 e. The second kappa shape index (κ2) is 4.13. The SMILES string of the molecule is Cc1cc(N(CC(F)(F)F)C2CC2)ccc1N. The van der Waals surface area contributed by atoms with Gasteiger partial charge >= 0.3 is 6.18 Å².